The maximum atomic E-state index is 12.7. The molecule has 3 atom stereocenters. The van der Waals surface area contributed by atoms with Crippen molar-refractivity contribution in [1.29, 1.82) is 0 Å². The Morgan fingerprint density at radius 2 is 2.39 bits per heavy atom. The van der Waals surface area contributed by atoms with E-state index in [4.69, 9.17) is 9.47 Å². The minimum absolute atomic E-state index is 0.0271. The molecule has 23 heavy (non-hydrogen) atoms. The lowest BCUT2D eigenvalue weighted by molar-refractivity contribution is -0.164. The fourth-order valence-electron chi connectivity index (χ4n) is 4.28. The predicted octanol–water partition coefficient (Wildman–Crippen LogP) is 2.94. The van der Waals surface area contributed by atoms with E-state index < -0.39 is 0 Å². The quantitative estimate of drug-likeness (QED) is 0.558. The Bertz CT molecular complexity index is 462. The van der Waals surface area contributed by atoms with Crippen molar-refractivity contribution in [3.8, 4) is 0 Å². The number of rotatable bonds is 6. The molecule has 2 saturated heterocycles. The van der Waals surface area contributed by atoms with E-state index in [-0.39, 0.29) is 11.5 Å². The number of fused-ring (bicyclic) bond motifs is 1. The molecule has 0 unspecified atom stereocenters. The standard InChI is InChI=1S/C19H29NO3/c1-2-11-22-15-19-9-5-12-23-17(19)8-10-20(14-19)18(21)13-16-6-3-4-7-16/h2-3,6,16-17H,1,4-5,7-15H2/t16-,17+,19-/m1/s1. The summed E-state index contributed by atoms with van der Waals surface area (Å²) < 4.78 is 11.8. The molecule has 0 aromatic rings. The molecule has 1 aliphatic carbocycles. The Labute approximate surface area is 139 Å². The zero-order chi connectivity index (χ0) is 16.1. The molecular weight excluding hydrogens is 290 g/mol. The van der Waals surface area contributed by atoms with Crippen LogP contribution in [0, 0.1) is 11.3 Å². The van der Waals surface area contributed by atoms with Crippen molar-refractivity contribution in [2.45, 2.75) is 44.6 Å². The van der Waals surface area contributed by atoms with E-state index in [1.165, 1.54) is 0 Å². The topological polar surface area (TPSA) is 38.8 Å². The number of hydrogen-bond acceptors (Lipinski definition) is 3. The number of amides is 1. The first-order chi connectivity index (χ1) is 11.2. The molecule has 0 spiro atoms. The lowest BCUT2D eigenvalue weighted by Gasteiger charge is -2.50. The molecule has 0 radical (unpaired) electrons. The first-order valence-corrected chi connectivity index (χ1v) is 8.98. The molecule has 3 rings (SSSR count). The third-order valence-corrected chi connectivity index (χ3v) is 5.52. The van der Waals surface area contributed by atoms with Gasteiger partial charge in [-0.05, 0) is 38.0 Å². The number of carbonyl (C=O) groups excluding carboxylic acids is 1. The van der Waals surface area contributed by atoms with Crippen LogP contribution in [-0.2, 0) is 14.3 Å². The third-order valence-electron chi connectivity index (χ3n) is 5.52. The second kappa shape index (κ2) is 7.63. The number of likely N-dealkylation sites (tertiary alicyclic amines) is 1. The summed E-state index contributed by atoms with van der Waals surface area (Å²) in [5.74, 6) is 0.740. The minimum atomic E-state index is -0.0271. The molecule has 4 heteroatoms. The maximum absolute atomic E-state index is 12.7. The van der Waals surface area contributed by atoms with Crippen molar-refractivity contribution in [2.75, 3.05) is 32.9 Å². The average Bonchev–Trinajstić information content (AvgIpc) is 3.07. The summed E-state index contributed by atoms with van der Waals surface area (Å²) in [6.45, 7) is 7.39. The first kappa shape index (κ1) is 16.7. The van der Waals surface area contributed by atoms with Crippen LogP contribution in [0.3, 0.4) is 0 Å². The van der Waals surface area contributed by atoms with E-state index in [0.29, 0.717) is 31.5 Å². The predicted molar refractivity (Wildman–Crippen MR) is 90.1 cm³/mol. The minimum Gasteiger partial charge on any atom is -0.377 e. The molecule has 0 aromatic carbocycles. The first-order valence-electron chi connectivity index (χ1n) is 8.98. The van der Waals surface area contributed by atoms with Gasteiger partial charge in [0.05, 0.1) is 19.3 Å². The van der Waals surface area contributed by atoms with E-state index in [9.17, 15) is 4.79 Å². The van der Waals surface area contributed by atoms with Crippen LogP contribution in [0.1, 0.15) is 38.5 Å². The normalized spacial score (nSPS) is 33.5. The molecule has 0 bridgehead atoms. The van der Waals surface area contributed by atoms with Crippen LogP contribution in [0.5, 0.6) is 0 Å². The van der Waals surface area contributed by atoms with Gasteiger partial charge in [0.15, 0.2) is 0 Å². The SMILES string of the molecule is C=CCOC[C@]12CCCO[C@H]1CCN(C(=O)C[C@@H]1C=CCC1)C2. The lowest BCUT2D eigenvalue weighted by atomic mass is 9.73. The number of carbonyl (C=O) groups is 1. The number of ether oxygens (including phenoxy) is 2. The van der Waals surface area contributed by atoms with E-state index in [1.54, 1.807) is 6.08 Å². The molecule has 2 heterocycles. The number of piperidine rings is 1. The van der Waals surface area contributed by atoms with Crippen LogP contribution in [0.4, 0.5) is 0 Å². The van der Waals surface area contributed by atoms with Crippen molar-refractivity contribution in [2.24, 2.45) is 11.3 Å². The van der Waals surface area contributed by atoms with E-state index >= 15 is 0 Å². The van der Waals surface area contributed by atoms with Gasteiger partial charge in [-0.2, -0.15) is 0 Å². The summed E-state index contributed by atoms with van der Waals surface area (Å²) in [5.41, 5.74) is -0.0271. The van der Waals surface area contributed by atoms with Crippen molar-refractivity contribution >= 4 is 5.91 Å². The second-order valence-electron chi connectivity index (χ2n) is 7.20. The average molecular weight is 319 g/mol. The van der Waals surface area contributed by atoms with Gasteiger partial charge in [0.25, 0.3) is 0 Å². The smallest absolute Gasteiger partial charge is 0.223 e. The zero-order valence-corrected chi connectivity index (χ0v) is 14.0. The van der Waals surface area contributed by atoms with Gasteiger partial charge in [0.2, 0.25) is 5.91 Å². The Hall–Kier alpha value is -1.13. The molecule has 128 valence electrons. The summed E-state index contributed by atoms with van der Waals surface area (Å²) >= 11 is 0. The fraction of sp³-hybridized carbons (Fsp3) is 0.737. The molecule has 1 amide bonds. The van der Waals surface area contributed by atoms with Crippen LogP contribution >= 0.6 is 0 Å². The van der Waals surface area contributed by atoms with Crippen LogP contribution in [0.25, 0.3) is 0 Å². The van der Waals surface area contributed by atoms with E-state index in [0.717, 1.165) is 51.8 Å². The van der Waals surface area contributed by atoms with Gasteiger partial charge in [0, 0.05) is 31.5 Å². The van der Waals surface area contributed by atoms with Crippen LogP contribution < -0.4 is 0 Å². The maximum Gasteiger partial charge on any atom is 0.223 e. The lowest BCUT2D eigenvalue weighted by Crippen LogP contribution is -2.58. The Morgan fingerprint density at radius 1 is 1.48 bits per heavy atom. The van der Waals surface area contributed by atoms with Crippen LogP contribution in [0.2, 0.25) is 0 Å². The number of allylic oxidation sites excluding steroid dienone is 2. The highest BCUT2D eigenvalue weighted by Gasteiger charge is 2.47. The van der Waals surface area contributed by atoms with Crippen LogP contribution in [0.15, 0.2) is 24.8 Å². The highest BCUT2D eigenvalue weighted by molar-refractivity contribution is 5.77. The largest absolute Gasteiger partial charge is 0.377 e. The summed E-state index contributed by atoms with van der Waals surface area (Å²) in [7, 11) is 0. The van der Waals surface area contributed by atoms with Gasteiger partial charge in [-0.15, -0.1) is 6.58 Å². The second-order valence-corrected chi connectivity index (χ2v) is 7.20. The molecule has 0 N–H and O–H groups in total. The molecule has 2 fully saturated rings. The molecule has 0 saturated carbocycles. The molecule has 0 aromatic heterocycles. The highest BCUT2D eigenvalue weighted by Crippen LogP contribution is 2.41. The van der Waals surface area contributed by atoms with Gasteiger partial charge < -0.3 is 14.4 Å². The van der Waals surface area contributed by atoms with Crippen molar-refractivity contribution < 1.29 is 14.3 Å². The van der Waals surface area contributed by atoms with Crippen molar-refractivity contribution in [1.82, 2.24) is 4.90 Å². The Balaban J connectivity index is 1.63. The number of hydrogen-bond donors (Lipinski definition) is 0. The van der Waals surface area contributed by atoms with Crippen molar-refractivity contribution in [3.63, 3.8) is 0 Å². The molecule has 2 aliphatic heterocycles. The van der Waals surface area contributed by atoms with Gasteiger partial charge >= 0.3 is 0 Å². The molecule has 3 aliphatic rings. The van der Waals surface area contributed by atoms with Gasteiger partial charge in [-0.1, -0.05) is 18.2 Å². The van der Waals surface area contributed by atoms with Gasteiger partial charge in [0.1, 0.15) is 0 Å². The van der Waals surface area contributed by atoms with E-state index in [2.05, 4.69) is 23.6 Å². The van der Waals surface area contributed by atoms with Gasteiger partial charge in [-0.3, -0.25) is 4.79 Å². The van der Waals surface area contributed by atoms with Crippen molar-refractivity contribution in [3.05, 3.63) is 24.8 Å². The third kappa shape index (κ3) is 3.86. The van der Waals surface area contributed by atoms with E-state index in [1.807, 2.05) is 0 Å². The van der Waals surface area contributed by atoms with Crippen LogP contribution in [-0.4, -0.2) is 49.8 Å². The highest BCUT2D eigenvalue weighted by atomic mass is 16.5. The summed E-state index contributed by atoms with van der Waals surface area (Å²) in [6.07, 6.45) is 12.4. The molecular formula is C19H29NO3. The molecule has 4 nitrogen and oxygen atoms in total. The van der Waals surface area contributed by atoms with Gasteiger partial charge in [-0.25, -0.2) is 0 Å². The fourth-order valence-corrected chi connectivity index (χ4v) is 4.28. The summed E-state index contributed by atoms with van der Waals surface area (Å²) in [6, 6.07) is 0. The monoisotopic (exact) mass is 319 g/mol. The number of nitrogens with zero attached hydrogens (tertiary/aromatic N) is 1. The Morgan fingerprint density at radius 3 is 3.17 bits per heavy atom. The summed E-state index contributed by atoms with van der Waals surface area (Å²) in [4.78, 5) is 14.8. The Kier molecular flexibility index (Phi) is 5.54. The zero-order valence-electron chi connectivity index (χ0n) is 14.0. The summed E-state index contributed by atoms with van der Waals surface area (Å²) in [5, 5.41) is 0.